The van der Waals surface area contributed by atoms with Crippen molar-refractivity contribution >= 4 is 11.9 Å². The summed E-state index contributed by atoms with van der Waals surface area (Å²) in [6, 6.07) is 4.64. The SMILES string of the molecule is O=C(O[N+](=O)[O-])c1ccccc1C(=O)O[N+](=O)[O-]. The van der Waals surface area contributed by atoms with Crippen LogP contribution >= 0.6 is 0 Å². The van der Waals surface area contributed by atoms with E-state index in [0.29, 0.717) is 0 Å². The third kappa shape index (κ3) is 3.23. The maximum Gasteiger partial charge on any atom is 0.335 e. The zero-order valence-electron chi connectivity index (χ0n) is 8.47. The van der Waals surface area contributed by atoms with E-state index in [2.05, 4.69) is 9.68 Å². The highest BCUT2D eigenvalue weighted by atomic mass is 17.0. The van der Waals surface area contributed by atoms with Crippen LogP contribution < -0.4 is 0 Å². The third-order valence-corrected chi connectivity index (χ3v) is 1.68. The summed E-state index contributed by atoms with van der Waals surface area (Å²) in [4.78, 5) is 49.7. The van der Waals surface area contributed by atoms with Crippen molar-refractivity contribution in [2.24, 2.45) is 0 Å². The fraction of sp³-hybridized carbons (Fsp3) is 0. The Balaban J connectivity index is 3.06. The van der Waals surface area contributed by atoms with Crippen LogP contribution in [0.4, 0.5) is 0 Å². The highest BCUT2D eigenvalue weighted by Crippen LogP contribution is 2.12. The topological polar surface area (TPSA) is 139 Å². The van der Waals surface area contributed by atoms with E-state index in [1.54, 1.807) is 0 Å². The molecule has 0 aliphatic heterocycles. The molecule has 0 aliphatic carbocycles. The molecule has 10 heteroatoms. The second-order valence-electron chi connectivity index (χ2n) is 2.75. The molecule has 0 aliphatic rings. The van der Waals surface area contributed by atoms with Gasteiger partial charge in [-0.05, 0) is 12.1 Å². The van der Waals surface area contributed by atoms with Crippen LogP contribution in [0.1, 0.15) is 20.7 Å². The van der Waals surface area contributed by atoms with Gasteiger partial charge in [-0.3, -0.25) is 9.59 Å². The molecule has 1 aromatic carbocycles. The van der Waals surface area contributed by atoms with Crippen LogP contribution in [0.3, 0.4) is 0 Å². The number of nitrogens with zero attached hydrogens (tertiary/aromatic N) is 2. The van der Waals surface area contributed by atoms with Gasteiger partial charge in [0.05, 0.1) is 11.1 Å². The number of rotatable bonds is 4. The molecular formula is C8H4N2O8. The molecule has 0 fully saturated rings. The minimum atomic E-state index is -1.43. The van der Waals surface area contributed by atoms with Crippen molar-refractivity contribution in [3.63, 3.8) is 0 Å². The summed E-state index contributed by atoms with van der Waals surface area (Å²) in [6.07, 6.45) is 0. The van der Waals surface area contributed by atoms with Gasteiger partial charge < -0.3 is 0 Å². The van der Waals surface area contributed by atoms with Gasteiger partial charge >= 0.3 is 22.1 Å². The molecule has 0 aromatic heterocycles. The van der Waals surface area contributed by atoms with E-state index in [-0.39, 0.29) is 0 Å². The van der Waals surface area contributed by atoms with Crippen molar-refractivity contribution in [2.45, 2.75) is 0 Å². The molecule has 0 N–H and O–H groups in total. The van der Waals surface area contributed by atoms with Gasteiger partial charge in [0, 0.05) is 0 Å². The molecule has 0 saturated heterocycles. The molecule has 10 nitrogen and oxygen atoms in total. The molecule has 0 saturated carbocycles. The average Bonchev–Trinajstić information content (AvgIpc) is 2.27. The Bertz CT molecular complexity index is 479. The van der Waals surface area contributed by atoms with Crippen LogP contribution in [0.25, 0.3) is 0 Å². The Hall–Kier alpha value is -3.04. The van der Waals surface area contributed by atoms with Gasteiger partial charge in [0.25, 0.3) is 0 Å². The van der Waals surface area contributed by atoms with Gasteiger partial charge in [-0.25, -0.2) is 9.68 Å². The molecule has 0 heterocycles. The van der Waals surface area contributed by atoms with Gasteiger partial charge in [-0.2, -0.15) is 0 Å². The minimum Gasteiger partial charge on any atom is -0.263 e. The first-order valence-corrected chi connectivity index (χ1v) is 4.24. The molecule has 94 valence electrons. The summed E-state index contributed by atoms with van der Waals surface area (Å²) in [5.74, 6) is -2.87. The number of carbonyl (C=O) groups is 2. The predicted molar refractivity (Wildman–Crippen MR) is 51.3 cm³/mol. The molecule has 0 bridgehead atoms. The second-order valence-corrected chi connectivity index (χ2v) is 2.75. The maximum atomic E-state index is 11.2. The first-order chi connectivity index (χ1) is 8.41. The van der Waals surface area contributed by atoms with Gasteiger partial charge in [0.1, 0.15) is 0 Å². The average molecular weight is 256 g/mol. The lowest BCUT2D eigenvalue weighted by atomic mass is 10.1. The first-order valence-electron chi connectivity index (χ1n) is 4.24. The number of benzene rings is 1. The lowest BCUT2D eigenvalue weighted by molar-refractivity contribution is -0.727. The van der Waals surface area contributed by atoms with Crippen molar-refractivity contribution in [1.29, 1.82) is 0 Å². The summed E-state index contributed by atoms with van der Waals surface area (Å²) >= 11 is 0. The Morgan fingerprint density at radius 1 is 0.889 bits per heavy atom. The Labute approximate surface area is 97.9 Å². The second kappa shape index (κ2) is 5.34. The Morgan fingerprint density at radius 2 is 1.22 bits per heavy atom. The van der Waals surface area contributed by atoms with E-state index < -0.39 is 33.2 Å². The van der Waals surface area contributed by atoms with Gasteiger partial charge in [0.2, 0.25) is 0 Å². The zero-order valence-corrected chi connectivity index (χ0v) is 8.47. The molecule has 0 amide bonds. The van der Waals surface area contributed by atoms with Crippen LogP contribution in [-0.2, 0) is 9.68 Å². The zero-order chi connectivity index (χ0) is 13.7. The number of hydrogen-bond acceptors (Lipinski definition) is 8. The van der Waals surface area contributed by atoms with Crippen molar-refractivity contribution in [3.05, 3.63) is 55.6 Å². The fourth-order valence-corrected chi connectivity index (χ4v) is 1.07. The van der Waals surface area contributed by atoms with Crippen LogP contribution in [-0.4, -0.2) is 22.1 Å². The molecule has 0 unspecified atom stereocenters. The molecule has 1 aromatic rings. The summed E-state index contributed by atoms with van der Waals surface area (Å²) < 4.78 is 0. The smallest absolute Gasteiger partial charge is 0.263 e. The Kier molecular flexibility index (Phi) is 3.86. The van der Waals surface area contributed by atoms with Crippen molar-refractivity contribution in [3.8, 4) is 0 Å². The standard InChI is InChI=1S/C8H4N2O8/c11-7(17-9(13)14)5-3-1-2-4-6(5)8(12)18-10(15)16/h1-4H. The van der Waals surface area contributed by atoms with E-state index in [1.165, 1.54) is 12.1 Å². The monoisotopic (exact) mass is 256 g/mol. The fourth-order valence-electron chi connectivity index (χ4n) is 1.07. The Morgan fingerprint density at radius 3 is 1.50 bits per heavy atom. The largest absolute Gasteiger partial charge is 0.335 e. The first kappa shape index (κ1) is 13.0. The molecule has 0 radical (unpaired) electrons. The highest BCUT2D eigenvalue weighted by Gasteiger charge is 2.21. The van der Waals surface area contributed by atoms with E-state index in [0.717, 1.165) is 12.1 Å². The van der Waals surface area contributed by atoms with Crippen molar-refractivity contribution in [1.82, 2.24) is 0 Å². The van der Waals surface area contributed by atoms with Crippen molar-refractivity contribution in [2.75, 3.05) is 0 Å². The summed E-state index contributed by atoms with van der Waals surface area (Å²) in [7, 11) is 0. The summed E-state index contributed by atoms with van der Waals surface area (Å²) in [5.41, 5.74) is -1.03. The number of hydrogen-bond donors (Lipinski definition) is 0. The summed E-state index contributed by atoms with van der Waals surface area (Å²) in [5, 5.41) is 17.2. The normalized spacial score (nSPS) is 9.33. The van der Waals surface area contributed by atoms with Crippen molar-refractivity contribution < 1.29 is 29.4 Å². The quantitative estimate of drug-likeness (QED) is 0.556. The third-order valence-electron chi connectivity index (χ3n) is 1.68. The molecule has 0 spiro atoms. The minimum absolute atomic E-state index is 0.513. The molecule has 0 atom stereocenters. The molecule has 1 rings (SSSR count). The van der Waals surface area contributed by atoms with E-state index in [4.69, 9.17) is 0 Å². The van der Waals surface area contributed by atoms with Gasteiger partial charge in [-0.15, -0.1) is 20.2 Å². The number of carbonyl (C=O) groups excluding carboxylic acids is 2. The lowest BCUT2D eigenvalue weighted by Gasteiger charge is -2.04. The molecular weight excluding hydrogens is 252 g/mol. The lowest BCUT2D eigenvalue weighted by Crippen LogP contribution is -2.17. The van der Waals surface area contributed by atoms with E-state index >= 15 is 0 Å². The van der Waals surface area contributed by atoms with Crippen LogP contribution in [0.2, 0.25) is 0 Å². The van der Waals surface area contributed by atoms with Gasteiger partial charge in [0.15, 0.2) is 0 Å². The van der Waals surface area contributed by atoms with E-state index in [9.17, 15) is 29.8 Å². The maximum absolute atomic E-state index is 11.2. The van der Waals surface area contributed by atoms with Crippen LogP contribution in [0, 0.1) is 20.2 Å². The predicted octanol–water partition coefficient (Wildman–Crippen LogP) is 0.384. The van der Waals surface area contributed by atoms with Crippen LogP contribution in [0.15, 0.2) is 24.3 Å². The molecule has 18 heavy (non-hydrogen) atoms. The summed E-state index contributed by atoms with van der Waals surface area (Å²) in [6.45, 7) is 0. The van der Waals surface area contributed by atoms with Gasteiger partial charge in [-0.1, -0.05) is 12.1 Å². The van der Waals surface area contributed by atoms with E-state index in [1.807, 2.05) is 0 Å². The van der Waals surface area contributed by atoms with Crippen LogP contribution in [0.5, 0.6) is 0 Å². The highest BCUT2D eigenvalue weighted by molar-refractivity contribution is 6.02.